The fraction of sp³-hybridized carbons (Fsp3) is 0.905. The van der Waals surface area contributed by atoms with E-state index in [2.05, 4.69) is 13.8 Å². The second kappa shape index (κ2) is 18.7. The highest BCUT2D eigenvalue weighted by molar-refractivity contribution is 5.78. The highest BCUT2D eigenvalue weighted by atomic mass is 16.6. The molecule has 0 spiro atoms. The molecule has 154 valence electrons. The molecular formula is C21H40O5. The van der Waals surface area contributed by atoms with Gasteiger partial charge in [0.25, 0.3) is 0 Å². The summed E-state index contributed by atoms with van der Waals surface area (Å²) in [4.78, 5) is 23.5. The van der Waals surface area contributed by atoms with Gasteiger partial charge in [0, 0.05) is 13.0 Å². The molecule has 5 heteroatoms. The van der Waals surface area contributed by atoms with Crippen molar-refractivity contribution in [1.82, 2.24) is 0 Å². The molecule has 0 bridgehead atoms. The molecule has 1 unspecified atom stereocenters. The van der Waals surface area contributed by atoms with Gasteiger partial charge in [-0.3, -0.25) is 4.79 Å². The lowest BCUT2D eigenvalue weighted by Gasteiger charge is -2.13. The van der Waals surface area contributed by atoms with Gasteiger partial charge in [-0.25, -0.2) is 4.79 Å². The fourth-order valence-electron chi connectivity index (χ4n) is 2.55. The lowest BCUT2D eigenvalue weighted by atomic mass is 10.1. The van der Waals surface area contributed by atoms with Crippen molar-refractivity contribution in [3.63, 3.8) is 0 Å². The Labute approximate surface area is 160 Å². The van der Waals surface area contributed by atoms with E-state index in [4.69, 9.17) is 14.2 Å². The van der Waals surface area contributed by atoms with Gasteiger partial charge < -0.3 is 14.2 Å². The first kappa shape index (κ1) is 24.9. The highest BCUT2D eigenvalue weighted by Crippen LogP contribution is 2.11. The van der Waals surface area contributed by atoms with Crippen LogP contribution in [0.15, 0.2) is 0 Å². The Bertz CT molecular complexity index is 343. The molecule has 0 aliphatic carbocycles. The third-order valence-corrected chi connectivity index (χ3v) is 4.24. The Morgan fingerprint density at radius 2 is 1.31 bits per heavy atom. The van der Waals surface area contributed by atoms with Crippen LogP contribution < -0.4 is 0 Å². The highest BCUT2D eigenvalue weighted by Gasteiger charge is 2.18. The van der Waals surface area contributed by atoms with E-state index in [-0.39, 0.29) is 12.6 Å². The summed E-state index contributed by atoms with van der Waals surface area (Å²) >= 11 is 0. The molecule has 0 aromatic carbocycles. The van der Waals surface area contributed by atoms with Crippen molar-refractivity contribution in [2.45, 2.75) is 104 Å². The summed E-state index contributed by atoms with van der Waals surface area (Å²) in [6.07, 6.45) is 12.4. The minimum atomic E-state index is -0.850. The lowest BCUT2D eigenvalue weighted by Crippen LogP contribution is -2.27. The van der Waals surface area contributed by atoms with Gasteiger partial charge in [-0.1, -0.05) is 71.6 Å². The number of esters is 2. The van der Waals surface area contributed by atoms with Gasteiger partial charge in [0.2, 0.25) is 0 Å². The Hall–Kier alpha value is -1.10. The number of rotatable bonds is 18. The van der Waals surface area contributed by atoms with Crippen molar-refractivity contribution in [2.75, 3.05) is 19.8 Å². The predicted molar refractivity (Wildman–Crippen MR) is 104 cm³/mol. The van der Waals surface area contributed by atoms with Gasteiger partial charge in [0.15, 0.2) is 6.10 Å². The van der Waals surface area contributed by atoms with E-state index in [1.807, 2.05) is 0 Å². The van der Waals surface area contributed by atoms with Crippen LogP contribution in [0.5, 0.6) is 0 Å². The smallest absolute Gasteiger partial charge is 0.347 e. The maximum atomic E-state index is 11.8. The SMILES string of the molecule is CCCCCCCCCCCC(=O)OC(C)C(=O)OCCOCCCC. The molecule has 0 aliphatic heterocycles. The molecular weight excluding hydrogens is 332 g/mol. The molecule has 0 N–H and O–H groups in total. The summed E-state index contributed by atoms with van der Waals surface area (Å²) in [5.74, 6) is -0.832. The molecule has 0 heterocycles. The van der Waals surface area contributed by atoms with Crippen molar-refractivity contribution >= 4 is 11.9 Å². The first-order valence-electron chi connectivity index (χ1n) is 10.6. The van der Waals surface area contributed by atoms with Crippen molar-refractivity contribution in [3.05, 3.63) is 0 Å². The summed E-state index contributed by atoms with van der Waals surface area (Å²) in [6, 6.07) is 0. The first-order valence-corrected chi connectivity index (χ1v) is 10.6. The van der Waals surface area contributed by atoms with Crippen LogP contribution >= 0.6 is 0 Å². The zero-order valence-electron chi connectivity index (χ0n) is 17.2. The van der Waals surface area contributed by atoms with Gasteiger partial charge in [0.05, 0.1) is 6.61 Å². The van der Waals surface area contributed by atoms with Crippen molar-refractivity contribution in [2.24, 2.45) is 0 Å². The normalized spacial score (nSPS) is 12.0. The van der Waals surface area contributed by atoms with Crippen LogP contribution in [-0.2, 0) is 23.8 Å². The molecule has 0 fully saturated rings. The zero-order chi connectivity index (χ0) is 19.5. The molecule has 0 aromatic rings. The molecule has 26 heavy (non-hydrogen) atoms. The quantitative estimate of drug-likeness (QED) is 0.244. The average molecular weight is 373 g/mol. The molecule has 0 saturated heterocycles. The molecule has 0 amide bonds. The van der Waals surface area contributed by atoms with Gasteiger partial charge in [0.1, 0.15) is 6.61 Å². The molecule has 0 rings (SSSR count). The Morgan fingerprint density at radius 3 is 1.92 bits per heavy atom. The van der Waals surface area contributed by atoms with E-state index in [0.717, 1.165) is 32.1 Å². The predicted octanol–water partition coefficient (Wildman–Crippen LogP) is 5.20. The van der Waals surface area contributed by atoms with Crippen molar-refractivity contribution < 1.29 is 23.8 Å². The van der Waals surface area contributed by atoms with Gasteiger partial charge >= 0.3 is 11.9 Å². The van der Waals surface area contributed by atoms with Crippen LogP contribution in [0.3, 0.4) is 0 Å². The number of carbonyl (C=O) groups excluding carboxylic acids is 2. The van der Waals surface area contributed by atoms with Crippen LogP contribution in [0.1, 0.15) is 97.8 Å². The minimum absolute atomic E-state index is 0.197. The van der Waals surface area contributed by atoms with Crippen LogP contribution in [0.25, 0.3) is 0 Å². The fourth-order valence-corrected chi connectivity index (χ4v) is 2.55. The monoisotopic (exact) mass is 372 g/mol. The molecule has 1 atom stereocenters. The Morgan fingerprint density at radius 1 is 0.731 bits per heavy atom. The largest absolute Gasteiger partial charge is 0.461 e. The Kier molecular flexibility index (Phi) is 17.9. The number of unbranched alkanes of at least 4 members (excludes halogenated alkanes) is 9. The van der Waals surface area contributed by atoms with E-state index in [0.29, 0.717) is 19.6 Å². The standard InChI is InChI=1S/C21H40O5/c1-4-6-8-9-10-11-12-13-14-15-20(22)26-19(3)21(23)25-18-17-24-16-7-5-2/h19H,4-18H2,1-3H3. The summed E-state index contributed by atoms with van der Waals surface area (Å²) < 4.78 is 15.5. The number of hydrogen-bond donors (Lipinski definition) is 0. The topological polar surface area (TPSA) is 61.8 Å². The molecule has 5 nitrogen and oxygen atoms in total. The number of carbonyl (C=O) groups is 2. The van der Waals surface area contributed by atoms with Gasteiger partial charge in [-0.05, 0) is 19.8 Å². The molecule has 0 radical (unpaired) electrons. The van der Waals surface area contributed by atoms with Crippen LogP contribution in [0.2, 0.25) is 0 Å². The Balaban J connectivity index is 3.52. The second-order valence-electron chi connectivity index (χ2n) is 6.84. The van der Waals surface area contributed by atoms with E-state index in [9.17, 15) is 9.59 Å². The van der Waals surface area contributed by atoms with Crippen LogP contribution in [-0.4, -0.2) is 37.9 Å². The first-order chi connectivity index (χ1) is 12.6. The average Bonchev–Trinajstić information content (AvgIpc) is 2.63. The molecule has 0 saturated carbocycles. The third-order valence-electron chi connectivity index (χ3n) is 4.24. The van der Waals surface area contributed by atoms with E-state index >= 15 is 0 Å². The summed E-state index contributed by atoms with van der Waals surface area (Å²) in [6.45, 7) is 7.12. The van der Waals surface area contributed by atoms with Gasteiger partial charge in [-0.15, -0.1) is 0 Å². The zero-order valence-corrected chi connectivity index (χ0v) is 17.2. The van der Waals surface area contributed by atoms with E-state index in [1.165, 1.54) is 38.5 Å². The number of hydrogen-bond acceptors (Lipinski definition) is 5. The number of ether oxygens (including phenoxy) is 3. The van der Waals surface area contributed by atoms with Crippen LogP contribution in [0, 0.1) is 0 Å². The van der Waals surface area contributed by atoms with E-state index in [1.54, 1.807) is 6.92 Å². The molecule has 0 aromatic heterocycles. The molecule has 0 aliphatic rings. The third kappa shape index (κ3) is 16.4. The van der Waals surface area contributed by atoms with Crippen molar-refractivity contribution in [3.8, 4) is 0 Å². The second-order valence-corrected chi connectivity index (χ2v) is 6.84. The minimum Gasteiger partial charge on any atom is -0.461 e. The van der Waals surface area contributed by atoms with Gasteiger partial charge in [-0.2, -0.15) is 0 Å². The lowest BCUT2D eigenvalue weighted by molar-refractivity contribution is -0.167. The maximum Gasteiger partial charge on any atom is 0.347 e. The van der Waals surface area contributed by atoms with Crippen molar-refractivity contribution in [1.29, 1.82) is 0 Å². The summed E-state index contributed by atoms with van der Waals surface area (Å²) in [7, 11) is 0. The van der Waals surface area contributed by atoms with Crippen LogP contribution in [0.4, 0.5) is 0 Å². The maximum absolute atomic E-state index is 11.8. The van der Waals surface area contributed by atoms with E-state index < -0.39 is 12.1 Å². The summed E-state index contributed by atoms with van der Waals surface area (Å²) in [5, 5.41) is 0. The summed E-state index contributed by atoms with van der Waals surface area (Å²) in [5.41, 5.74) is 0.